The minimum absolute atomic E-state index is 0.250. The van der Waals surface area contributed by atoms with Crippen LogP contribution >= 0.6 is 0 Å². The Bertz CT molecular complexity index is 735. The third kappa shape index (κ3) is 2.66. The third-order valence-electron chi connectivity index (χ3n) is 2.99. The maximum absolute atomic E-state index is 8.36. The smallest absolute Gasteiger partial charge is 0.290 e. The molecule has 0 aliphatic carbocycles. The first kappa shape index (κ1) is 13.7. The maximum Gasteiger partial charge on any atom is 0.290 e. The summed E-state index contributed by atoms with van der Waals surface area (Å²) in [6, 6.07) is 6.47. The number of benzene rings is 1. The van der Waals surface area contributed by atoms with E-state index >= 15 is 0 Å². The number of rotatable bonds is 1. The Labute approximate surface area is 116 Å². The fraction of sp³-hybridized carbons (Fsp3) is 0.133. The van der Waals surface area contributed by atoms with Crippen molar-refractivity contribution in [2.45, 2.75) is 13.8 Å². The van der Waals surface area contributed by atoms with E-state index in [1.54, 1.807) is 12.4 Å². The molecule has 0 unspecified atom stereocenters. The summed E-state index contributed by atoms with van der Waals surface area (Å²) in [5.74, 6) is 0. The highest BCUT2D eigenvalue weighted by molar-refractivity contribution is 5.67. The van der Waals surface area contributed by atoms with Gasteiger partial charge in [0.25, 0.3) is 6.47 Å². The SMILES string of the molecule is Cc1ccc(C)c(-c2cnc3cnccn23)c1.O=CO. The molecule has 102 valence electrons. The van der Waals surface area contributed by atoms with Crippen molar-refractivity contribution in [2.75, 3.05) is 0 Å². The van der Waals surface area contributed by atoms with E-state index in [1.807, 2.05) is 12.4 Å². The van der Waals surface area contributed by atoms with Gasteiger partial charge < -0.3 is 5.11 Å². The van der Waals surface area contributed by atoms with Crippen LogP contribution in [-0.4, -0.2) is 25.9 Å². The molecule has 0 radical (unpaired) electrons. The highest BCUT2D eigenvalue weighted by atomic mass is 16.3. The number of aryl methyl sites for hydroxylation is 2. The lowest BCUT2D eigenvalue weighted by Crippen LogP contribution is -1.91. The van der Waals surface area contributed by atoms with Crippen LogP contribution in [-0.2, 0) is 4.79 Å². The summed E-state index contributed by atoms with van der Waals surface area (Å²) in [5, 5.41) is 6.89. The number of hydrogen-bond donors (Lipinski definition) is 1. The van der Waals surface area contributed by atoms with Crippen LogP contribution in [0, 0.1) is 13.8 Å². The lowest BCUT2D eigenvalue weighted by atomic mass is 10.0. The second kappa shape index (κ2) is 5.97. The minimum atomic E-state index is -0.250. The molecule has 3 rings (SSSR count). The zero-order chi connectivity index (χ0) is 14.5. The van der Waals surface area contributed by atoms with Gasteiger partial charge in [-0.1, -0.05) is 17.7 Å². The first-order valence-electron chi connectivity index (χ1n) is 6.10. The molecule has 0 aliphatic heterocycles. The van der Waals surface area contributed by atoms with Crippen LogP contribution < -0.4 is 0 Å². The Hall–Kier alpha value is -2.69. The van der Waals surface area contributed by atoms with Gasteiger partial charge in [-0.05, 0) is 25.5 Å². The van der Waals surface area contributed by atoms with Gasteiger partial charge in [0.05, 0.1) is 18.1 Å². The van der Waals surface area contributed by atoms with Crippen molar-refractivity contribution in [2.24, 2.45) is 0 Å². The first-order valence-corrected chi connectivity index (χ1v) is 6.10. The van der Waals surface area contributed by atoms with E-state index in [4.69, 9.17) is 9.90 Å². The predicted octanol–water partition coefficient (Wildman–Crippen LogP) is 2.71. The van der Waals surface area contributed by atoms with E-state index in [9.17, 15) is 0 Å². The van der Waals surface area contributed by atoms with Crippen molar-refractivity contribution in [1.29, 1.82) is 0 Å². The van der Waals surface area contributed by atoms with Crippen LogP contribution in [0.5, 0.6) is 0 Å². The summed E-state index contributed by atoms with van der Waals surface area (Å²) >= 11 is 0. The van der Waals surface area contributed by atoms with Crippen molar-refractivity contribution in [1.82, 2.24) is 14.4 Å². The van der Waals surface area contributed by atoms with Gasteiger partial charge in [-0.2, -0.15) is 0 Å². The highest BCUT2D eigenvalue weighted by Gasteiger charge is 2.08. The predicted molar refractivity (Wildman–Crippen MR) is 76.6 cm³/mol. The van der Waals surface area contributed by atoms with Crippen molar-refractivity contribution >= 4 is 12.1 Å². The zero-order valence-corrected chi connectivity index (χ0v) is 11.3. The highest BCUT2D eigenvalue weighted by Crippen LogP contribution is 2.24. The Balaban J connectivity index is 0.000000452. The van der Waals surface area contributed by atoms with Crippen LogP contribution in [0.1, 0.15) is 11.1 Å². The van der Waals surface area contributed by atoms with Gasteiger partial charge in [0.2, 0.25) is 0 Å². The fourth-order valence-corrected chi connectivity index (χ4v) is 2.05. The van der Waals surface area contributed by atoms with E-state index in [1.165, 1.54) is 16.7 Å². The summed E-state index contributed by atoms with van der Waals surface area (Å²) in [6.45, 7) is 3.98. The molecule has 0 spiro atoms. The van der Waals surface area contributed by atoms with E-state index in [0.717, 1.165) is 11.3 Å². The van der Waals surface area contributed by atoms with Gasteiger partial charge in [0, 0.05) is 18.0 Å². The number of nitrogens with zero attached hydrogens (tertiary/aromatic N) is 3. The number of carbonyl (C=O) groups is 1. The van der Waals surface area contributed by atoms with Gasteiger partial charge in [-0.25, -0.2) is 4.98 Å². The summed E-state index contributed by atoms with van der Waals surface area (Å²) in [7, 11) is 0. The van der Waals surface area contributed by atoms with Gasteiger partial charge >= 0.3 is 0 Å². The number of hydrogen-bond acceptors (Lipinski definition) is 3. The van der Waals surface area contributed by atoms with Crippen LogP contribution in [0.2, 0.25) is 0 Å². The molecule has 0 aliphatic rings. The summed E-state index contributed by atoms with van der Waals surface area (Å²) in [6.07, 6.45) is 7.40. The van der Waals surface area contributed by atoms with Crippen molar-refractivity contribution < 1.29 is 9.90 Å². The maximum atomic E-state index is 8.36. The Morgan fingerprint density at radius 3 is 2.75 bits per heavy atom. The van der Waals surface area contributed by atoms with Crippen LogP contribution in [0.4, 0.5) is 0 Å². The van der Waals surface area contributed by atoms with E-state index in [0.29, 0.717) is 0 Å². The second-order valence-corrected chi connectivity index (χ2v) is 4.37. The lowest BCUT2D eigenvalue weighted by Gasteiger charge is -2.06. The number of carboxylic acid groups (broad SMARTS) is 1. The molecule has 0 saturated heterocycles. The van der Waals surface area contributed by atoms with Gasteiger partial charge in [-0.3, -0.25) is 14.2 Å². The summed E-state index contributed by atoms with van der Waals surface area (Å²) in [4.78, 5) is 16.8. The van der Waals surface area contributed by atoms with Crippen molar-refractivity contribution in [3.8, 4) is 11.3 Å². The zero-order valence-electron chi connectivity index (χ0n) is 11.3. The van der Waals surface area contributed by atoms with E-state index in [-0.39, 0.29) is 6.47 Å². The molecule has 0 bridgehead atoms. The molecule has 0 saturated carbocycles. The molecule has 0 atom stereocenters. The van der Waals surface area contributed by atoms with Crippen LogP contribution in [0.25, 0.3) is 16.9 Å². The largest absolute Gasteiger partial charge is 0.483 e. The normalized spacial score (nSPS) is 9.90. The molecule has 1 aromatic carbocycles. The molecule has 5 nitrogen and oxygen atoms in total. The topological polar surface area (TPSA) is 67.5 Å². The summed E-state index contributed by atoms with van der Waals surface area (Å²) in [5.41, 5.74) is 5.74. The minimum Gasteiger partial charge on any atom is -0.483 e. The number of aromatic nitrogens is 3. The Morgan fingerprint density at radius 2 is 2.00 bits per heavy atom. The molecule has 5 heteroatoms. The molecule has 0 amide bonds. The second-order valence-electron chi connectivity index (χ2n) is 4.37. The van der Waals surface area contributed by atoms with Gasteiger partial charge in [-0.15, -0.1) is 0 Å². The van der Waals surface area contributed by atoms with Gasteiger partial charge in [0.15, 0.2) is 5.65 Å². The molecule has 2 aromatic heterocycles. The van der Waals surface area contributed by atoms with Crippen LogP contribution in [0.15, 0.2) is 43.0 Å². The molecule has 3 aromatic rings. The third-order valence-corrected chi connectivity index (χ3v) is 2.99. The van der Waals surface area contributed by atoms with Gasteiger partial charge in [0.1, 0.15) is 0 Å². The Kier molecular flexibility index (Phi) is 4.10. The average molecular weight is 269 g/mol. The van der Waals surface area contributed by atoms with E-state index < -0.39 is 0 Å². The molecule has 1 N–H and O–H groups in total. The fourth-order valence-electron chi connectivity index (χ4n) is 2.05. The monoisotopic (exact) mass is 269 g/mol. The van der Waals surface area contributed by atoms with Crippen molar-refractivity contribution in [3.63, 3.8) is 0 Å². The molecule has 0 fully saturated rings. The average Bonchev–Trinajstić information content (AvgIpc) is 2.86. The molecular weight excluding hydrogens is 254 g/mol. The van der Waals surface area contributed by atoms with Crippen molar-refractivity contribution in [3.05, 3.63) is 54.1 Å². The lowest BCUT2D eigenvalue weighted by molar-refractivity contribution is -0.122. The standard InChI is InChI=1S/C14H13N3.CH2O2/c1-10-3-4-11(2)12(7-10)13-8-16-14-9-15-5-6-17(13)14;2-1-3/h3-9H,1-2H3;1H,(H,2,3). The molecule has 20 heavy (non-hydrogen) atoms. The Morgan fingerprint density at radius 1 is 1.25 bits per heavy atom. The number of fused-ring (bicyclic) bond motifs is 1. The number of imidazole rings is 1. The molecular formula is C15H15N3O2. The molecule has 2 heterocycles. The van der Waals surface area contributed by atoms with E-state index in [2.05, 4.69) is 46.4 Å². The quantitative estimate of drug-likeness (QED) is 0.690. The first-order chi connectivity index (χ1) is 9.67. The van der Waals surface area contributed by atoms with Crippen LogP contribution in [0.3, 0.4) is 0 Å². The summed E-state index contributed by atoms with van der Waals surface area (Å²) < 4.78 is 2.06.